The lowest BCUT2D eigenvalue weighted by molar-refractivity contribution is 0.301. The molecule has 1 aliphatic carbocycles. The SMILES string of the molecule is CCCOc1cc(NC2CCCC2SC)c(N)cc1F. The van der Waals surface area contributed by atoms with Crippen molar-refractivity contribution < 1.29 is 9.13 Å². The molecule has 0 amide bonds. The first kappa shape index (κ1) is 15.3. The van der Waals surface area contributed by atoms with Crippen molar-refractivity contribution in [3.05, 3.63) is 17.9 Å². The Balaban J connectivity index is 2.14. The van der Waals surface area contributed by atoms with E-state index in [1.807, 2.05) is 18.7 Å². The second-order valence-electron chi connectivity index (χ2n) is 5.17. The summed E-state index contributed by atoms with van der Waals surface area (Å²) in [6, 6.07) is 3.43. The predicted octanol–water partition coefficient (Wildman–Crippen LogP) is 3.89. The Kier molecular flexibility index (Phi) is 5.40. The first-order valence-corrected chi connectivity index (χ1v) is 8.45. The summed E-state index contributed by atoms with van der Waals surface area (Å²) in [6.07, 6.45) is 6.56. The van der Waals surface area contributed by atoms with E-state index in [0.29, 0.717) is 23.6 Å². The van der Waals surface area contributed by atoms with Gasteiger partial charge in [0.05, 0.1) is 18.0 Å². The number of thioether (sulfide) groups is 1. The number of nitrogen functional groups attached to an aromatic ring is 1. The third-order valence-electron chi connectivity index (χ3n) is 3.66. The molecular formula is C15H23FN2OS. The van der Waals surface area contributed by atoms with Crippen molar-refractivity contribution >= 4 is 23.1 Å². The van der Waals surface area contributed by atoms with Crippen molar-refractivity contribution in [1.29, 1.82) is 0 Å². The summed E-state index contributed by atoms with van der Waals surface area (Å²) in [5.74, 6) is -0.114. The second-order valence-corrected chi connectivity index (χ2v) is 6.25. The van der Waals surface area contributed by atoms with Crippen LogP contribution in [-0.4, -0.2) is 24.2 Å². The molecule has 5 heteroatoms. The fraction of sp³-hybridized carbons (Fsp3) is 0.600. The van der Waals surface area contributed by atoms with Gasteiger partial charge in [0.2, 0.25) is 0 Å². The lowest BCUT2D eigenvalue weighted by atomic mass is 10.2. The fourth-order valence-electron chi connectivity index (χ4n) is 2.59. The van der Waals surface area contributed by atoms with E-state index in [1.165, 1.54) is 18.9 Å². The summed E-state index contributed by atoms with van der Waals surface area (Å²) in [5, 5.41) is 4.06. The van der Waals surface area contributed by atoms with Crippen LogP contribution in [0.1, 0.15) is 32.6 Å². The lowest BCUT2D eigenvalue weighted by Gasteiger charge is -2.22. The molecule has 0 saturated heterocycles. The van der Waals surface area contributed by atoms with Crippen LogP contribution in [0.3, 0.4) is 0 Å². The molecule has 1 saturated carbocycles. The van der Waals surface area contributed by atoms with Crippen LogP contribution >= 0.6 is 11.8 Å². The van der Waals surface area contributed by atoms with Gasteiger partial charge in [0.15, 0.2) is 11.6 Å². The Bertz CT molecular complexity index is 456. The molecule has 1 aromatic carbocycles. The molecule has 20 heavy (non-hydrogen) atoms. The first-order valence-electron chi connectivity index (χ1n) is 7.16. The maximum Gasteiger partial charge on any atom is 0.167 e. The highest BCUT2D eigenvalue weighted by molar-refractivity contribution is 7.99. The van der Waals surface area contributed by atoms with E-state index in [0.717, 1.165) is 18.5 Å². The monoisotopic (exact) mass is 298 g/mol. The van der Waals surface area contributed by atoms with Crippen LogP contribution in [0.15, 0.2) is 12.1 Å². The zero-order valence-electron chi connectivity index (χ0n) is 12.1. The number of rotatable bonds is 6. The molecule has 0 bridgehead atoms. The molecule has 112 valence electrons. The Morgan fingerprint density at radius 3 is 2.95 bits per heavy atom. The molecule has 2 atom stereocenters. The van der Waals surface area contributed by atoms with Crippen molar-refractivity contribution in [3.63, 3.8) is 0 Å². The first-order chi connectivity index (χ1) is 9.65. The Morgan fingerprint density at radius 2 is 2.25 bits per heavy atom. The molecule has 1 aliphatic rings. The number of anilines is 2. The summed E-state index contributed by atoms with van der Waals surface area (Å²) in [5.41, 5.74) is 7.14. The summed E-state index contributed by atoms with van der Waals surface area (Å²) < 4.78 is 19.2. The summed E-state index contributed by atoms with van der Waals surface area (Å²) in [7, 11) is 0. The predicted molar refractivity (Wildman–Crippen MR) is 85.2 cm³/mol. The van der Waals surface area contributed by atoms with Crippen LogP contribution in [-0.2, 0) is 0 Å². The Morgan fingerprint density at radius 1 is 1.45 bits per heavy atom. The van der Waals surface area contributed by atoms with Gasteiger partial charge in [-0.25, -0.2) is 4.39 Å². The van der Waals surface area contributed by atoms with Gasteiger partial charge in [-0.1, -0.05) is 13.3 Å². The minimum absolute atomic E-state index is 0.280. The van der Waals surface area contributed by atoms with Crippen LogP contribution in [0, 0.1) is 5.82 Å². The maximum absolute atomic E-state index is 13.8. The van der Waals surface area contributed by atoms with Gasteiger partial charge >= 0.3 is 0 Å². The summed E-state index contributed by atoms with van der Waals surface area (Å²) in [6.45, 7) is 2.51. The average molecular weight is 298 g/mol. The standard InChI is InChI=1S/C15H23FN2OS/c1-3-7-19-14-9-13(11(17)8-10(14)16)18-12-5-4-6-15(12)20-2/h8-9,12,15,18H,3-7,17H2,1-2H3. The van der Waals surface area contributed by atoms with Gasteiger partial charge in [-0.2, -0.15) is 11.8 Å². The van der Waals surface area contributed by atoms with Gasteiger partial charge in [-0.3, -0.25) is 0 Å². The molecule has 0 aliphatic heterocycles. The van der Waals surface area contributed by atoms with Crippen LogP contribution in [0.2, 0.25) is 0 Å². The van der Waals surface area contributed by atoms with Crippen molar-refractivity contribution in [3.8, 4) is 5.75 Å². The fourth-order valence-corrected chi connectivity index (χ4v) is 3.52. The van der Waals surface area contributed by atoms with E-state index in [1.54, 1.807) is 6.07 Å². The third kappa shape index (κ3) is 3.51. The molecule has 3 N–H and O–H groups in total. The van der Waals surface area contributed by atoms with Gasteiger partial charge in [-0.05, 0) is 25.5 Å². The number of halogens is 1. The zero-order valence-corrected chi connectivity index (χ0v) is 12.9. The number of nitrogens with one attached hydrogen (secondary N) is 1. The molecule has 1 fully saturated rings. The third-order valence-corrected chi connectivity index (χ3v) is 4.83. The topological polar surface area (TPSA) is 47.3 Å². The van der Waals surface area contributed by atoms with E-state index >= 15 is 0 Å². The minimum atomic E-state index is -0.394. The Labute approximate surface area is 124 Å². The quantitative estimate of drug-likeness (QED) is 0.782. The number of hydrogen-bond donors (Lipinski definition) is 2. The van der Waals surface area contributed by atoms with E-state index in [9.17, 15) is 4.39 Å². The number of benzene rings is 1. The molecule has 2 rings (SSSR count). The highest BCUT2D eigenvalue weighted by Gasteiger charge is 2.27. The number of ether oxygens (including phenoxy) is 1. The van der Waals surface area contributed by atoms with Gasteiger partial charge in [0.25, 0.3) is 0 Å². The maximum atomic E-state index is 13.8. The van der Waals surface area contributed by atoms with Crippen molar-refractivity contribution in [2.75, 3.05) is 23.9 Å². The molecular weight excluding hydrogens is 275 g/mol. The molecule has 0 spiro atoms. The van der Waals surface area contributed by atoms with Gasteiger partial charge in [-0.15, -0.1) is 0 Å². The molecule has 0 aromatic heterocycles. The summed E-state index contributed by atoms with van der Waals surface area (Å²) in [4.78, 5) is 0. The average Bonchev–Trinajstić information content (AvgIpc) is 2.87. The molecule has 1 aromatic rings. The summed E-state index contributed by atoms with van der Waals surface area (Å²) >= 11 is 1.88. The van der Waals surface area contributed by atoms with Crippen LogP contribution in [0.25, 0.3) is 0 Å². The molecule has 2 unspecified atom stereocenters. The smallest absolute Gasteiger partial charge is 0.167 e. The van der Waals surface area contributed by atoms with Crippen molar-refractivity contribution in [2.24, 2.45) is 0 Å². The Hall–Kier alpha value is -1.10. The van der Waals surface area contributed by atoms with Crippen LogP contribution in [0.5, 0.6) is 5.75 Å². The van der Waals surface area contributed by atoms with Gasteiger partial charge in [0, 0.05) is 23.4 Å². The van der Waals surface area contributed by atoms with Crippen molar-refractivity contribution in [1.82, 2.24) is 0 Å². The normalized spacial score (nSPS) is 21.9. The van der Waals surface area contributed by atoms with Crippen molar-refractivity contribution in [2.45, 2.75) is 43.9 Å². The van der Waals surface area contributed by atoms with E-state index in [-0.39, 0.29) is 5.75 Å². The highest BCUT2D eigenvalue weighted by atomic mass is 32.2. The molecule has 0 heterocycles. The minimum Gasteiger partial charge on any atom is -0.490 e. The largest absolute Gasteiger partial charge is 0.490 e. The highest BCUT2D eigenvalue weighted by Crippen LogP contribution is 2.34. The zero-order chi connectivity index (χ0) is 14.5. The van der Waals surface area contributed by atoms with Gasteiger partial charge in [0.1, 0.15) is 0 Å². The van der Waals surface area contributed by atoms with Gasteiger partial charge < -0.3 is 15.8 Å². The van der Waals surface area contributed by atoms with E-state index in [4.69, 9.17) is 10.5 Å². The van der Waals surface area contributed by atoms with Crippen LogP contribution < -0.4 is 15.8 Å². The molecule has 3 nitrogen and oxygen atoms in total. The lowest BCUT2D eigenvalue weighted by Crippen LogP contribution is -2.26. The van der Waals surface area contributed by atoms with E-state index < -0.39 is 5.82 Å². The van der Waals surface area contributed by atoms with E-state index in [2.05, 4.69) is 11.6 Å². The molecule has 0 radical (unpaired) electrons. The van der Waals surface area contributed by atoms with Crippen LogP contribution in [0.4, 0.5) is 15.8 Å². The second kappa shape index (κ2) is 7.07. The number of hydrogen-bond acceptors (Lipinski definition) is 4. The number of nitrogens with two attached hydrogens (primary N) is 1.